The van der Waals surface area contributed by atoms with E-state index in [1.54, 1.807) is 0 Å². The molecule has 17 heavy (non-hydrogen) atoms. The van der Waals surface area contributed by atoms with Gasteiger partial charge in [-0.15, -0.1) is 0 Å². The van der Waals surface area contributed by atoms with Gasteiger partial charge in [0.15, 0.2) is 0 Å². The van der Waals surface area contributed by atoms with Gasteiger partial charge >= 0.3 is 0 Å². The molecule has 0 amide bonds. The van der Waals surface area contributed by atoms with E-state index in [0.717, 1.165) is 29.6 Å². The molecule has 0 heterocycles. The molecule has 0 aromatic heterocycles. The van der Waals surface area contributed by atoms with Gasteiger partial charge in [-0.2, -0.15) is 0 Å². The van der Waals surface area contributed by atoms with Crippen LogP contribution in [0.25, 0.3) is 0 Å². The zero-order valence-electron chi connectivity index (χ0n) is 11.8. The minimum Gasteiger partial charge on any atom is -0.0819 e. The molecule has 0 radical (unpaired) electrons. The Morgan fingerprint density at radius 3 is 2.65 bits per heavy atom. The van der Waals surface area contributed by atoms with Crippen molar-refractivity contribution < 1.29 is 0 Å². The van der Waals surface area contributed by atoms with Crippen LogP contribution in [0.3, 0.4) is 0 Å². The lowest BCUT2D eigenvalue weighted by atomic mass is 9.70. The van der Waals surface area contributed by atoms with E-state index in [2.05, 4.69) is 33.8 Å². The van der Waals surface area contributed by atoms with Crippen LogP contribution in [-0.4, -0.2) is 0 Å². The highest BCUT2D eigenvalue weighted by Gasteiger charge is 2.63. The summed E-state index contributed by atoms with van der Waals surface area (Å²) in [6.07, 6.45) is 8.69. The lowest BCUT2D eigenvalue weighted by Gasteiger charge is -2.35. The van der Waals surface area contributed by atoms with Crippen molar-refractivity contribution in [1.82, 2.24) is 0 Å². The van der Waals surface area contributed by atoms with Crippen molar-refractivity contribution >= 4 is 0 Å². The molecule has 4 aliphatic rings. The third-order valence-electron chi connectivity index (χ3n) is 6.91. The number of rotatable bonds is 0. The van der Waals surface area contributed by atoms with E-state index in [9.17, 15) is 0 Å². The predicted octanol–water partition coefficient (Wildman–Crippen LogP) is 4.66. The predicted molar refractivity (Wildman–Crippen MR) is 71.6 cm³/mol. The monoisotopic (exact) mass is 230 g/mol. The lowest BCUT2D eigenvalue weighted by Crippen LogP contribution is -2.24. The third-order valence-corrected chi connectivity index (χ3v) is 6.91. The van der Waals surface area contributed by atoms with Gasteiger partial charge in [0.2, 0.25) is 0 Å². The highest BCUT2D eigenvalue weighted by molar-refractivity contribution is 5.27. The van der Waals surface area contributed by atoms with E-state index in [-0.39, 0.29) is 0 Å². The zero-order valence-corrected chi connectivity index (χ0v) is 11.8. The second-order valence-corrected chi connectivity index (χ2v) is 8.55. The van der Waals surface area contributed by atoms with E-state index in [1.807, 2.05) is 5.57 Å². The molecule has 3 fully saturated rings. The van der Waals surface area contributed by atoms with Gasteiger partial charge in [0.05, 0.1) is 0 Å². The van der Waals surface area contributed by atoms with Crippen molar-refractivity contribution in [3.63, 3.8) is 0 Å². The first-order chi connectivity index (χ1) is 7.91. The third kappa shape index (κ3) is 1.25. The Kier molecular flexibility index (Phi) is 1.77. The van der Waals surface area contributed by atoms with E-state index in [0.29, 0.717) is 10.8 Å². The molecule has 0 aromatic carbocycles. The minimum absolute atomic E-state index is 0.624. The van der Waals surface area contributed by atoms with Gasteiger partial charge in [-0.05, 0) is 66.1 Å². The average Bonchev–Trinajstić information content (AvgIpc) is 2.61. The van der Waals surface area contributed by atoms with Crippen molar-refractivity contribution in [2.45, 2.75) is 53.4 Å². The number of hydrogen-bond donors (Lipinski definition) is 0. The van der Waals surface area contributed by atoms with Crippen LogP contribution in [0.15, 0.2) is 11.6 Å². The number of allylic oxidation sites excluding steroid dienone is 2. The summed E-state index contributed by atoms with van der Waals surface area (Å²) >= 11 is 0. The van der Waals surface area contributed by atoms with Crippen LogP contribution in [0, 0.1) is 40.4 Å². The Hall–Kier alpha value is -0.260. The Labute approximate surface area is 106 Å². The molecule has 0 aromatic rings. The van der Waals surface area contributed by atoms with Crippen molar-refractivity contribution in [3.05, 3.63) is 11.6 Å². The molecule has 3 saturated carbocycles. The average molecular weight is 230 g/mol. The molecule has 4 aliphatic carbocycles. The standard InChI is InChI=1S/C17H26/c1-10-5-11-6-12-7-17(4,8-13(11)12)9-14-15(10)16(14,2)3/h5,10,12-15H,6-9H2,1-4H3. The first kappa shape index (κ1) is 10.6. The summed E-state index contributed by atoms with van der Waals surface area (Å²) in [4.78, 5) is 0. The molecule has 94 valence electrons. The van der Waals surface area contributed by atoms with E-state index in [4.69, 9.17) is 0 Å². The highest BCUT2D eigenvalue weighted by Crippen LogP contribution is 2.70. The summed E-state index contributed by atoms with van der Waals surface area (Å²) < 4.78 is 0. The molecular formula is C17H26. The van der Waals surface area contributed by atoms with E-state index in [1.165, 1.54) is 25.7 Å². The van der Waals surface area contributed by atoms with Gasteiger partial charge < -0.3 is 0 Å². The van der Waals surface area contributed by atoms with E-state index >= 15 is 0 Å². The van der Waals surface area contributed by atoms with Crippen LogP contribution >= 0.6 is 0 Å². The maximum atomic E-state index is 2.69. The molecule has 4 rings (SSSR count). The second kappa shape index (κ2) is 2.83. The number of hydrogen-bond acceptors (Lipinski definition) is 0. The lowest BCUT2D eigenvalue weighted by molar-refractivity contribution is 0.259. The van der Waals surface area contributed by atoms with Crippen LogP contribution < -0.4 is 0 Å². The molecular weight excluding hydrogens is 204 g/mol. The van der Waals surface area contributed by atoms with Gasteiger partial charge in [-0.1, -0.05) is 39.3 Å². The van der Waals surface area contributed by atoms with Gasteiger partial charge in [-0.3, -0.25) is 0 Å². The molecule has 0 N–H and O–H groups in total. The summed E-state index contributed by atoms with van der Waals surface area (Å²) in [5, 5.41) is 0. The second-order valence-electron chi connectivity index (χ2n) is 8.55. The summed E-state index contributed by atoms with van der Waals surface area (Å²) in [5.74, 6) is 4.90. The largest absolute Gasteiger partial charge is 0.0819 e. The smallest absolute Gasteiger partial charge is 0.0166 e. The van der Waals surface area contributed by atoms with Crippen LogP contribution in [-0.2, 0) is 0 Å². The van der Waals surface area contributed by atoms with Crippen molar-refractivity contribution in [2.75, 3.05) is 0 Å². The first-order valence-electron chi connectivity index (χ1n) is 7.61. The Morgan fingerprint density at radius 1 is 1.12 bits per heavy atom. The maximum absolute atomic E-state index is 2.69. The minimum atomic E-state index is 0.624. The first-order valence-corrected chi connectivity index (χ1v) is 7.61. The fraction of sp³-hybridized carbons (Fsp3) is 0.882. The summed E-state index contributed by atoms with van der Waals surface area (Å²) in [6.45, 7) is 10.1. The van der Waals surface area contributed by atoms with Crippen LogP contribution in [0.2, 0.25) is 0 Å². The normalized spacial score (nSPS) is 58.1. The number of fused-ring (bicyclic) bond motifs is 2. The summed E-state index contributed by atoms with van der Waals surface area (Å²) in [7, 11) is 0. The molecule has 6 atom stereocenters. The highest BCUT2D eigenvalue weighted by atomic mass is 14.7. The van der Waals surface area contributed by atoms with Crippen LogP contribution in [0.1, 0.15) is 53.4 Å². The summed E-state index contributed by atoms with van der Waals surface area (Å²) in [6, 6.07) is 0. The Morgan fingerprint density at radius 2 is 1.88 bits per heavy atom. The summed E-state index contributed by atoms with van der Waals surface area (Å²) in [5.41, 5.74) is 3.15. The Balaban J connectivity index is 1.74. The van der Waals surface area contributed by atoms with Gasteiger partial charge in [0.25, 0.3) is 0 Å². The van der Waals surface area contributed by atoms with Crippen LogP contribution in [0.5, 0.6) is 0 Å². The Bertz CT molecular complexity index is 402. The van der Waals surface area contributed by atoms with Gasteiger partial charge in [-0.25, -0.2) is 0 Å². The molecule has 0 aliphatic heterocycles. The topological polar surface area (TPSA) is 0 Å². The molecule has 0 heteroatoms. The van der Waals surface area contributed by atoms with Crippen molar-refractivity contribution in [3.8, 4) is 0 Å². The quantitative estimate of drug-likeness (QED) is 0.531. The molecule has 6 unspecified atom stereocenters. The molecule has 0 saturated heterocycles. The van der Waals surface area contributed by atoms with Gasteiger partial charge in [0, 0.05) is 0 Å². The molecule has 2 bridgehead atoms. The van der Waals surface area contributed by atoms with Crippen molar-refractivity contribution in [2.24, 2.45) is 40.4 Å². The van der Waals surface area contributed by atoms with Gasteiger partial charge in [0.1, 0.15) is 0 Å². The van der Waals surface area contributed by atoms with E-state index < -0.39 is 0 Å². The fourth-order valence-electron chi connectivity index (χ4n) is 6.05. The fourth-order valence-corrected chi connectivity index (χ4v) is 6.05. The molecule has 0 nitrogen and oxygen atoms in total. The zero-order chi connectivity index (χ0) is 12.0. The SMILES string of the molecule is CC1C=C2CC3CC(C)(CC23)CC2C1C2(C)C. The maximum Gasteiger partial charge on any atom is -0.0166 e. The molecule has 0 spiro atoms. The van der Waals surface area contributed by atoms with Crippen molar-refractivity contribution in [1.29, 1.82) is 0 Å². The van der Waals surface area contributed by atoms with Crippen LogP contribution in [0.4, 0.5) is 0 Å².